The molecule has 0 radical (unpaired) electrons. The number of nitrogens with two attached hydrogens (primary N) is 1. The van der Waals surface area contributed by atoms with Gasteiger partial charge in [-0.1, -0.05) is 0 Å². The SMILES string of the molecule is CN(C)C(=O)CN(CC(F)(F)F)C(=O)c1nn(C)cc1N. The molecule has 118 valence electrons. The summed E-state index contributed by atoms with van der Waals surface area (Å²) < 4.78 is 38.9. The first-order valence-corrected chi connectivity index (χ1v) is 5.86. The van der Waals surface area contributed by atoms with Crippen molar-refractivity contribution in [3.63, 3.8) is 0 Å². The Hall–Kier alpha value is -2.26. The number of anilines is 1. The van der Waals surface area contributed by atoms with Crippen molar-refractivity contribution in [3.8, 4) is 0 Å². The fraction of sp³-hybridized carbons (Fsp3) is 0.545. The van der Waals surface area contributed by atoms with Gasteiger partial charge in [-0.15, -0.1) is 0 Å². The molecule has 0 unspecified atom stereocenters. The van der Waals surface area contributed by atoms with E-state index in [1.54, 1.807) is 0 Å². The molecule has 0 spiro atoms. The number of hydrogen-bond donors (Lipinski definition) is 1. The lowest BCUT2D eigenvalue weighted by Crippen LogP contribution is -2.45. The van der Waals surface area contributed by atoms with Gasteiger partial charge in [0, 0.05) is 27.3 Å². The maximum atomic E-state index is 12.6. The van der Waals surface area contributed by atoms with E-state index in [2.05, 4.69) is 5.10 Å². The molecule has 0 aliphatic rings. The molecule has 7 nitrogen and oxygen atoms in total. The number of halogens is 3. The summed E-state index contributed by atoms with van der Waals surface area (Å²) in [5.74, 6) is -1.68. The van der Waals surface area contributed by atoms with Crippen molar-refractivity contribution in [2.45, 2.75) is 6.18 Å². The van der Waals surface area contributed by atoms with Gasteiger partial charge in [-0.05, 0) is 0 Å². The normalized spacial score (nSPS) is 11.3. The van der Waals surface area contributed by atoms with Crippen molar-refractivity contribution >= 4 is 17.5 Å². The molecular weight excluding hydrogens is 291 g/mol. The number of nitrogens with zero attached hydrogens (tertiary/aromatic N) is 4. The molecule has 10 heteroatoms. The molecular formula is C11H16F3N5O2. The molecule has 0 aromatic carbocycles. The van der Waals surface area contributed by atoms with Crippen LogP contribution < -0.4 is 5.73 Å². The molecule has 0 aliphatic heterocycles. The number of alkyl halides is 3. The predicted octanol–water partition coefficient (Wildman–Crippen LogP) is 0.0950. The molecule has 0 saturated heterocycles. The van der Waals surface area contributed by atoms with Gasteiger partial charge in [0.25, 0.3) is 5.91 Å². The van der Waals surface area contributed by atoms with E-state index in [9.17, 15) is 22.8 Å². The van der Waals surface area contributed by atoms with Crippen LogP contribution in [0.25, 0.3) is 0 Å². The maximum Gasteiger partial charge on any atom is 0.406 e. The van der Waals surface area contributed by atoms with Crippen molar-refractivity contribution in [2.24, 2.45) is 7.05 Å². The minimum Gasteiger partial charge on any atom is -0.396 e. The van der Waals surface area contributed by atoms with E-state index in [1.165, 1.54) is 32.0 Å². The number of hydrogen-bond acceptors (Lipinski definition) is 4. The van der Waals surface area contributed by atoms with E-state index in [4.69, 9.17) is 5.73 Å². The number of aryl methyl sites for hydroxylation is 1. The summed E-state index contributed by atoms with van der Waals surface area (Å²) in [6, 6.07) is 0. The van der Waals surface area contributed by atoms with Crippen LogP contribution in [-0.4, -0.2) is 64.8 Å². The van der Waals surface area contributed by atoms with Crippen LogP contribution >= 0.6 is 0 Å². The first-order chi connectivity index (χ1) is 9.51. The maximum absolute atomic E-state index is 12.6. The number of nitrogen functional groups attached to an aromatic ring is 1. The Morgan fingerprint density at radius 1 is 1.38 bits per heavy atom. The van der Waals surface area contributed by atoms with Gasteiger partial charge in [-0.25, -0.2) is 0 Å². The standard InChI is InChI=1S/C11H16F3N5O2/c1-17(2)8(20)5-19(6-11(12,13)14)10(21)9-7(15)4-18(3)16-9/h4H,5-6,15H2,1-3H3. The van der Waals surface area contributed by atoms with Crippen LogP contribution in [0.1, 0.15) is 10.5 Å². The lowest BCUT2D eigenvalue weighted by Gasteiger charge is -2.24. The number of carbonyl (C=O) groups is 2. The number of amides is 2. The highest BCUT2D eigenvalue weighted by Gasteiger charge is 2.35. The molecule has 1 aromatic heterocycles. The summed E-state index contributed by atoms with van der Waals surface area (Å²) >= 11 is 0. The van der Waals surface area contributed by atoms with Crippen molar-refractivity contribution in [1.29, 1.82) is 0 Å². The summed E-state index contributed by atoms with van der Waals surface area (Å²) in [4.78, 5) is 25.2. The molecule has 1 aromatic rings. The summed E-state index contributed by atoms with van der Waals surface area (Å²) in [5.41, 5.74) is 5.17. The minimum atomic E-state index is -4.63. The second-order valence-corrected chi connectivity index (χ2v) is 4.67. The van der Waals surface area contributed by atoms with Gasteiger partial charge in [0.2, 0.25) is 5.91 Å². The van der Waals surface area contributed by atoms with Gasteiger partial charge in [-0.3, -0.25) is 14.3 Å². The summed E-state index contributed by atoms with van der Waals surface area (Å²) in [6.07, 6.45) is -3.33. The van der Waals surface area contributed by atoms with Gasteiger partial charge in [0.15, 0.2) is 5.69 Å². The number of aromatic nitrogens is 2. The van der Waals surface area contributed by atoms with Crippen LogP contribution in [-0.2, 0) is 11.8 Å². The van der Waals surface area contributed by atoms with Gasteiger partial charge in [0.1, 0.15) is 13.1 Å². The first-order valence-electron chi connectivity index (χ1n) is 5.86. The van der Waals surface area contributed by atoms with Gasteiger partial charge in [-0.2, -0.15) is 18.3 Å². The zero-order chi connectivity index (χ0) is 16.4. The van der Waals surface area contributed by atoms with Crippen molar-refractivity contribution in [2.75, 3.05) is 32.9 Å². The Morgan fingerprint density at radius 2 is 1.95 bits per heavy atom. The van der Waals surface area contributed by atoms with E-state index in [1.807, 2.05) is 0 Å². The molecule has 2 amide bonds. The Kier molecular flexibility index (Phi) is 4.81. The Bertz CT molecular complexity index is 538. The van der Waals surface area contributed by atoms with Gasteiger partial charge < -0.3 is 15.5 Å². The van der Waals surface area contributed by atoms with Crippen molar-refractivity contribution < 1.29 is 22.8 Å². The van der Waals surface area contributed by atoms with Crippen LogP contribution in [0.3, 0.4) is 0 Å². The smallest absolute Gasteiger partial charge is 0.396 e. The molecule has 0 aliphatic carbocycles. The molecule has 0 atom stereocenters. The number of likely N-dealkylation sites (N-methyl/N-ethyl adjacent to an activating group) is 1. The van der Waals surface area contributed by atoms with Crippen molar-refractivity contribution in [3.05, 3.63) is 11.9 Å². The quantitative estimate of drug-likeness (QED) is 0.855. The summed E-state index contributed by atoms with van der Waals surface area (Å²) in [6.45, 7) is -2.26. The summed E-state index contributed by atoms with van der Waals surface area (Å²) in [5, 5.41) is 3.72. The summed E-state index contributed by atoms with van der Waals surface area (Å²) in [7, 11) is 4.24. The first kappa shape index (κ1) is 16.8. The highest BCUT2D eigenvalue weighted by molar-refractivity contribution is 5.98. The van der Waals surface area contributed by atoms with Crippen LogP contribution in [0.4, 0.5) is 18.9 Å². The monoisotopic (exact) mass is 307 g/mol. The number of rotatable bonds is 4. The number of carbonyl (C=O) groups excluding carboxylic acids is 2. The van der Waals surface area contributed by atoms with E-state index >= 15 is 0 Å². The van der Waals surface area contributed by atoms with Gasteiger partial charge in [0.05, 0.1) is 5.69 Å². The topological polar surface area (TPSA) is 84.5 Å². The van der Waals surface area contributed by atoms with Crippen LogP contribution in [0.5, 0.6) is 0 Å². The minimum absolute atomic E-state index is 0.0491. The van der Waals surface area contributed by atoms with Crippen LogP contribution in [0, 0.1) is 0 Å². The fourth-order valence-corrected chi connectivity index (χ4v) is 1.54. The molecule has 1 heterocycles. The highest BCUT2D eigenvalue weighted by atomic mass is 19.4. The Morgan fingerprint density at radius 3 is 2.33 bits per heavy atom. The van der Waals surface area contributed by atoms with E-state index < -0.39 is 31.1 Å². The zero-order valence-electron chi connectivity index (χ0n) is 11.8. The molecule has 0 fully saturated rings. The lowest BCUT2D eigenvalue weighted by molar-refractivity contribution is -0.146. The fourth-order valence-electron chi connectivity index (χ4n) is 1.54. The highest BCUT2D eigenvalue weighted by Crippen LogP contribution is 2.19. The molecule has 21 heavy (non-hydrogen) atoms. The lowest BCUT2D eigenvalue weighted by atomic mass is 10.3. The third-order valence-corrected chi connectivity index (χ3v) is 2.54. The van der Waals surface area contributed by atoms with E-state index in [0.717, 1.165) is 4.90 Å². The van der Waals surface area contributed by atoms with Gasteiger partial charge >= 0.3 is 6.18 Å². The average Bonchev–Trinajstić information content (AvgIpc) is 2.64. The van der Waals surface area contributed by atoms with Crippen molar-refractivity contribution in [1.82, 2.24) is 19.6 Å². The second-order valence-electron chi connectivity index (χ2n) is 4.67. The van der Waals surface area contributed by atoms with Crippen LogP contribution in [0.2, 0.25) is 0 Å². The third kappa shape index (κ3) is 4.65. The second kappa shape index (κ2) is 6.02. The average molecular weight is 307 g/mol. The molecule has 0 bridgehead atoms. The molecule has 0 saturated carbocycles. The van der Waals surface area contributed by atoms with E-state index in [-0.39, 0.29) is 11.4 Å². The third-order valence-electron chi connectivity index (χ3n) is 2.54. The Labute approximate surface area is 119 Å². The Balaban J connectivity index is 3.02. The molecule has 2 N–H and O–H groups in total. The molecule has 1 rings (SSSR count). The predicted molar refractivity (Wildman–Crippen MR) is 68.3 cm³/mol. The largest absolute Gasteiger partial charge is 0.406 e. The van der Waals surface area contributed by atoms with E-state index in [0.29, 0.717) is 4.90 Å². The van der Waals surface area contributed by atoms with Crippen LogP contribution in [0.15, 0.2) is 6.20 Å². The zero-order valence-corrected chi connectivity index (χ0v) is 11.8.